The van der Waals surface area contributed by atoms with Crippen LogP contribution in [0.1, 0.15) is 120 Å². The molecule has 15 nitrogen and oxygen atoms in total. The largest absolute Gasteiger partial charge is 0.477 e. The Bertz CT molecular complexity index is 2620. The van der Waals surface area contributed by atoms with Gasteiger partial charge in [-0.3, -0.25) is 28.8 Å². The summed E-state index contributed by atoms with van der Waals surface area (Å²) < 4.78 is 18.2. The van der Waals surface area contributed by atoms with E-state index in [0.717, 1.165) is 17.7 Å². The molecule has 3 aromatic rings. The predicted octanol–water partition coefficient (Wildman–Crippen LogP) is 6.56. The van der Waals surface area contributed by atoms with E-state index < -0.39 is 80.3 Å². The van der Waals surface area contributed by atoms with Crippen LogP contribution in [0, 0.1) is 28.6 Å². The van der Waals surface area contributed by atoms with Crippen molar-refractivity contribution in [2.45, 2.75) is 123 Å². The molecule has 4 aliphatic rings. The van der Waals surface area contributed by atoms with E-state index >= 15 is 0 Å². The molecule has 338 valence electrons. The molecule has 2 heterocycles. The number of ketones is 2. The van der Waals surface area contributed by atoms with Crippen molar-refractivity contribution >= 4 is 68.9 Å². The number of ether oxygens (including phenoxy) is 2. The smallest absolute Gasteiger partial charge is 0.371 e. The fraction of sp³-hybridized carbons (Fsp3) is 0.532. The van der Waals surface area contributed by atoms with Crippen LogP contribution in [-0.2, 0) is 41.6 Å². The number of Topliss-reactive ketones (excluding diaryl/α,β-unsaturated/α-hetero) is 1. The second kappa shape index (κ2) is 17.3. The van der Waals surface area contributed by atoms with Crippen LogP contribution in [0.25, 0.3) is 21.9 Å². The van der Waals surface area contributed by atoms with E-state index in [1.54, 1.807) is 26.8 Å². The lowest BCUT2D eigenvalue weighted by Gasteiger charge is -2.64. The molecule has 3 N–H and O–H groups in total. The monoisotopic (exact) mass is 891 g/mol. The number of hydrogen-bond donors (Lipinski definition) is 3. The molecule has 7 rings (SSSR count). The molecule has 2 aromatic heterocycles. The number of pyridine rings is 1. The number of halogens is 1. The van der Waals surface area contributed by atoms with Gasteiger partial charge in [0.1, 0.15) is 11.3 Å². The van der Waals surface area contributed by atoms with Gasteiger partial charge in [-0.2, -0.15) is 0 Å². The van der Waals surface area contributed by atoms with E-state index in [9.17, 15) is 53.7 Å². The zero-order valence-electron chi connectivity index (χ0n) is 36.5. The number of fused-ring (bicyclic) bond motifs is 7. The molecule has 0 spiro atoms. The Balaban J connectivity index is 0.000000219. The summed E-state index contributed by atoms with van der Waals surface area (Å²) in [6, 6.07) is 3.25. The molecule has 0 unspecified atom stereocenters. The highest BCUT2D eigenvalue weighted by Crippen LogP contribution is 2.72. The zero-order chi connectivity index (χ0) is 46.6. The Morgan fingerprint density at radius 3 is 2.19 bits per heavy atom. The number of aryl methyl sites for hydroxylation is 2. The number of carbonyl (C=O) groups is 6. The number of alkyl halides is 1. The predicted molar refractivity (Wildman–Crippen MR) is 231 cm³/mol. The molecule has 0 bridgehead atoms. The molecule has 3 saturated carbocycles. The highest BCUT2D eigenvalue weighted by molar-refractivity contribution is 6.26. The van der Waals surface area contributed by atoms with Crippen molar-refractivity contribution in [2.24, 2.45) is 28.6 Å². The van der Waals surface area contributed by atoms with E-state index in [4.69, 9.17) is 25.5 Å². The zero-order valence-corrected chi connectivity index (χ0v) is 37.3. The summed E-state index contributed by atoms with van der Waals surface area (Å²) in [4.78, 5) is 97.3. The molecule has 16 heteroatoms. The van der Waals surface area contributed by atoms with Gasteiger partial charge >= 0.3 is 23.9 Å². The number of aromatic carboxylic acids is 2. The van der Waals surface area contributed by atoms with Gasteiger partial charge in [0, 0.05) is 59.2 Å². The maximum absolute atomic E-state index is 13.9. The maximum Gasteiger partial charge on any atom is 0.371 e. The first-order chi connectivity index (χ1) is 29.6. The summed E-state index contributed by atoms with van der Waals surface area (Å²) >= 11 is 7.48. The minimum Gasteiger partial charge on any atom is -0.477 e. The van der Waals surface area contributed by atoms with Crippen molar-refractivity contribution in [3.8, 4) is 0 Å². The van der Waals surface area contributed by atoms with Crippen molar-refractivity contribution < 1.29 is 58.0 Å². The number of hydrogen-bond acceptors (Lipinski definition) is 12. The number of aliphatic hydroxyl groups excluding tert-OH is 1. The Labute approximate surface area is 368 Å². The quantitative estimate of drug-likeness (QED) is 0.105. The molecule has 0 radical (unpaired) electrons. The number of esters is 2. The number of benzene rings is 1. The topological polar surface area (TPSA) is 234 Å². The third-order valence-corrected chi connectivity index (χ3v) is 15.2. The van der Waals surface area contributed by atoms with Gasteiger partial charge in [0.15, 0.2) is 28.8 Å². The third kappa shape index (κ3) is 7.34. The van der Waals surface area contributed by atoms with Gasteiger partial charge in [0.25, 0.3) is 0 Å². The fourth-order valence-electron chi connectivity index (χ4n) is 11.3. The highest BCUT2D eigenvalue weighted by atomic mass is 35.5. The summed E-state index contributed by atoms with van der Waals surface area (Å²) in [5, 5.41) is 30.7. The molecule has 4 aliphatic carbocycles. The van der Waals surface area contributed by atoms with Crippen molar-refractivity contribution in [3.05, 3.63) is 79.5 Å². The van der Waals surface area contributed by atoms with Crippen LogP contribution in [-0.4, -0.2) is 78.5 Å². The SMILES string of the molecule is CCC(=O)OCC(=O)[C@@]1(OC(=O)CC)[C@@H](C)C[C@H]2[C@@H]3CCC4=CC(=O)C=C[C@]4(C)[C@@]3(Cl)[C@@H](O)C[C@@]21C.CCCc1c2oc(C(=O)O)cc(=O)c2cc2c(=O)cc(C(=O)O)n(CC)c12. The molecule has 0 aliphatic heterocycles. The average molecular weight is 892 g/mol. The molecule has 1 aromatic carbocycles. The van der Waals surface area contributed by atoms with Gasteiger partial charge in [-0.25, -0.2) is 9.59 Å². The second-order valence-electron chi connectivity index (χ2n) is 17.5. The number of carboxylic acid groups (broad SMARTS) is 2. The van der Waals surface area contributed by atoms with Crippen molar-refractivity contribution in [1.29, 1.82) is 0 Å². The standard InChI is InChI=1S/C28H37ClO7.C19H17NO7/c1-6-23(33)35-15-22(32)28(36-24(34)7-2)16(3)12-20-19-9-8-17-13-18(30)10-11-25(17,4)27(19,29)21(31)14-26(20,28)5;1-3-5-9-16-10(13(21)7-12(18(23)24)20(16)4-2)6-11-14(22)8-15(19(25)26)27-17(9)11/h10-11,13,16,19-21,31H,6-9,12,14-15H2,1-5H3;6-8H,3-5H2,1-2H3,(H,23,24)(H,25,26)/t16-,19-,20-,21-,25-,26-,27-,28-;/m0./s1. The molecular weight excluding hydrogens is 838 g/mol. The maximum atomic E-state index is 13.9. The highest BCUT2D eigenvalue weighted by Gasteiger charge is 2.76. The van der Waals surface area contributed by atoms with Crippen LogP contribution in [0.4, 0.5) is 0 Å². The normalized spacial score (nSPS) is 29.4. The van der Waals surface area contributed by atoms with E-state index in [-0.39, 0.29) is 71.4 Å². The van der Waals surface area contributed by atoms with Crippen LogP contribution in [0.2, 0.25) is 0 Å². The Morgan fingerprint density at radius 1 is 0.921 bits per heavy atom. The molecule has 0 saturated heterocycles. The van der Waals surface area contributed by atoms with Crippen LogP contribution in [0.15, 0.2) is 56.0 Å². The van der Waals surface area contributed by atoms with Gasteiger partial charge < -0.3 is 33.8 Å². The molecule has 0 amide bonds. The van der Waals surface area contributed by atoms with E-state index in [0.29, 0.717) is 43.2 Å². The van der Waals surface area contributed by atoms with E-state index in [1.807, 2.05) is 33.8 Å². The molecule has 3 fully saturated rings. The van der Waals surface area contributed by atoms with E-state index in [2.05, 4.69) is 0 Å². The van der Waals surface area contributed by atoms with Crippen LogP contribution in [0.5, 0.6) is 0 Å². The van der Waals surface area contributed by atoms with Gasteiger partial charge in [-0.05, 0) is 69.1 Å². The first-order valence-electron chi connectivity index (χ1n) is 21.5. The number of aromatic nitrogens is 1. The number of nitrogens with zero attached hydrogens (tertiary/aromatic N) is 1. The van der Waals surface area contributed by atoms with E-state index in [1.165, 1.54) is 16.7 Å². The summed E-state index contributed by atoms with van der Waals surface area (Å²) in [7, 11) is 0. The minimum atomic E-state index is -1.55. The fourth-order valence-corrected chi connectivity index (χ4v) is 11.9. The van der Waals surface area contributed by atoms with Crippen molar-refractivity contribution in [3.63, 3.8) is 0 Å². The minimum absolute atomic E-state index is 0.0680. The van der Waals surface area contributed by atoms with Gasteiger partial charge in [0.2, 0.25) is 11.5 Å². The van der Waals surface area contributed by atoms with Crippen LogP contribution in [0.3, 0.4) is 0 Å². The summed E-state index contributed by atoms with van der Waals surface area (Å²) in [6.45, 7) is 12.5. The molecule has 8 atom stereocenters. The third-order valence-electron chi connectivity index (χ3n) is 14.2. The number of aliphatic hydroxyl groups is 1. The first kappa shape index (κ1) is 47.1. The molecular formula is C47H54ClNO14. The van der Waals surface area contributed by atoms with Gasteiger partial charge in [-0.15, -0.1) is 11.6 Å². The number of rotatable bonds is 11. The van der Waals surface area contributed by atoms with Crippen molar-refractivity contribution in [2.75, 3.05) is 6.61 Å². The summed E-state index contributed by atoms with van der Waals surface area (Å²) in [5.74, 6) is -5.38. The van der Waals surface area contributed by atoms with Crippen LogP contribution < -0.4 is 10.9 Å². The first-order valence-corrected chi connectivity index (χ1v) is 21.8. The molecule has 63 heavy (non-hydrogen) atoms. The second-order valence-corrected chi connectivity index (χ2v) is 18.1. The summed E-state index contributed by atoms with van der Waals surface area (Å²) in [6.07, 6.45) is 7.17. The van der Waals surface area contributed by atoms with Gasteiger partial charge in [0.05, 0.1) is 21.9 Å². The lowest BCUT2D eigenvalue weighted by Crippen LogP contribution is -2.69. The number of carbonyl (C=O) groups excluding carboxylic acids is 4. The van der Waals surface area contributed by atoms with Gasteiger partial charge in [-0.1, -0.05) is 59.6 Å². The Morgan fingerprint density at radius 2 is 1.59 bits per heavy atom. The lowest BCUT2D eigenvalue weighted by molar-refractivity contribution is -0.203. The Kier molecular flexibility index (Phi) is 12.9. The number of carboxylic acids is 2. The lowest BCUT2D eigenvalue weighted by atomic mass is 9.45. The van der Waals surface area contributed by atoms with Crippen molar-refractivity contribution in [1.82, 2.24) is 4.57 Å². The number of allylic oxidation sites excluding steroid dienone is 4. The summed E-state index contributed by atoms with van der Waals surface area (Å²) in [5.41, 5.74) is -2.67. The van der Waals surface area contributed by atoms with Crippen LogP contribution >= 0.6 is 11.6 Å². The Hall–Kier alpha value is -5.41. The average Bonchev–Trinajstić information content (AvgIpc) is 3.45.